The third-order valence-electron chi connectivity index (χ3n) is 6.34. The van der Waals surface area contributed by atoms with Gasteiger partial charge in [0.25, 0.3) is 0 Å². The van der Waals surface area contributed by atoms with Gasteiger partial charge in [0.1, 0.15) is 12.6 Å². The average molecular weight is 461 g/mol. The minimum atomic E-state index is -4.38. The van der Waals surface area contributed by atoms with Crippen LogP contribution in [0, 0.1) is 0 Å². The minimum Gasteiger partial charge on any atom is -0.748 e. The number of piperazine rings is 1. The lowest BCUT2D eigenvalue weighted by atomic mass is 10.0. The van der Waals surface area contributed by atoms with E-state index in [1.165, 1.54) is 57.4 Å². The standard InChI is InChI=1S/C23H44N2O5S/c1-3-22(26)14-12-10-8-6-4-5-7-9-11-13-15-24-16-18-25(2,19-17-24)20-23(27)21-31(28,29)30/h3,23,27H,1,4-21H2,2H3. The van der Waals surface area contributed by atoms with E-state index in [1.54, 1.807) is 0 Å². The Balaban J connectivity index is 1.97. The molecular weight excluding hydrogens is 416 g/mol. The van der Waals surface area contributed by atoms with E-state index in [4.69, 9.17) is 0 Å². The van der Waals surface area contributed by atoms with E-state index in [2.05, 4.69) is 11.5 Å². The van der Waals surface area contributed by atoms with E-state index in [-0.39, 0.29) is 5.78 Å². The topological polar surface area (TPSA) is 97.7 Å². The molecule has 31 heavy (non-hydrogen) atoms. The van der Waals surface area contributed by atoms with Crippen LogP contribution in [0.3, 0.4) is 0 Å². The smallest absolute Gasteiger partial charge is 0.155 e. The van der Waals surface area contributed by atoms with Crippen LogP contribution < -0.4 is 0 Å². The summed E-state index contributed by atoms with van der Waals surface area (Å²) in [5.41, 5.74) is 0. The van der Waals surface area contributed by atoms with E-state index < -0.39 is 22.0 Å². The molecule has 0 aliphatic carbocycles. The third-order valence-corrected chi connectivity index (χ3v) is 7.13. The Morgan fingerprint density at radius 2 is 1.52 bits per heavy atom. The summed E-state index contributed by atoms with van der Waals surface area (Å²) in [6, 6.07) is 0. The monoisotopic (exact) mass is 460 g/mol. The zero-order valence-corrected chi connectivity index (χ0v) is 20.3. The van der Waals surface area contributed by atoms with Crippen molar-refractivity contribution in [3.8, 4) is 0 Å². The van der Waals surface area contributed by atoms with Gasteiger partial charge >= 0.3 is 0 Å². The molecular formula is C23H44N2O5S. The molecule has 0 aromatic rings. The average Bonchev–Trinajstić information content (AvgIpc) is 2.68. The van der Waals surface area contributed by atoms with Crippen LogP contribution >= 0.6 is 0 Å². The molecule has 0 radical (unpaired) electrons. The Hall–Kier alpha value is -0.800. The van der Waals surface area contributed by atoms with Crippen molar-refractivity contribution in [2.45, 2.75) is 76.7 Å². The van der Waals surface area contributed by atoms with Crippen molar-refractivity contribution in [1.82, 2.24) is 4.90 Å². The number of carbonyl (C=O) groups is 1. The molecule has 1 rings (SSSR count). The molecule has 1 atom stereocenters. The van der Waals surface area contributed by atoms with Crippen LogP contribution in [0.1, 0.15) is 70.6 Å². The summed E-state index contributed by atoms with van der Waals surface area (Å²) in [7, 11) is -2.35. The maximum atomic E-state index is 11.1. The van der Waals surface area contributed by atoms with E-state index in [0.29, 0.717) is 17.4 Å². The van der Waals surface area contributed by atoms with Gasteiger partial charge in [0.2, 0.25) is 0 Å². The zero-order chi connectivity index (χ0) is 23.2. The number of nitrogens with zero attached hydrogens (tertiary/aromatic N) is 2. The zero-order valence-electron chi connectivity index (χ0n) is 19.5. The molecule has 7 nitrogen and oxygen atoms in total. The lowest BCUT2D eigenvalue weighted by Gasteiger charge is -2.43. The number of aliphatic hydroxyl groups excluding tert-OH is 1. The van der Waals surface area contributed by atoms with Crippen molar-refractivity contribution in [2.24, 2.45) is 0 Å². The van der Waals surface area contributed by atoms with Gasteiger partial charge in [0.15, 0.2) is 5.78 Å². The Bertz CT molecular complexity index is 615. The second kappa shape index (κ2) is 15.1. The van der Waals surface area contributed by atoms with E-state index in [0.717, 1.165) is 45.6 Å². The van der Waals surface area contributed by atoms with Crippen LogP contribution in [0.25, 0.3) is 0 Å². The highest BCUT2D eigenvalue weighted by Crippen LogP contribution is 2.14. The van der Waals surface area contributed by atoms with Gasteiger partial charge in [-0.15, -0.1) is 0 Å². The number of likely N-dealkylation sites (N-methyl/N-ethyl adjacent to an activating group) is 1. The predicted octanol–water partition coefficient (Wildman–Crippen LogP) is 2.70. The second-order valence-corrected chi connectivity index (χ2v) is 10.9. The first kappa shape index (κ1) is 28.2. The van der Waals surface area contributed by atoms with Crippen molar-refractivity contribution >= 4 is 15.9 Å². The first-order valence-electron chi connectivity index (χ1n) is 12.0. The molecule has 1 unspecified atom stereocenters. The molecule has 0 saturated carbocycles. The van der Waals surface area contributed by atoms with Crippen molar-refractivity contribution in [3.63, 3.8) is 0 Å². The van der Waals surface area contributed by atoms with E-state index >= 15 is 0 Å². The first-order chi connectivity index (χ1) is 14.6. The molecule has 0 amide bonds. The number of carbonyl (C=O) groups excluding carboxylic acids is 1. The van der Waals surface area contributed by atoms with E-state index in [1.807, 2.05) is 7.05 Å². The number of aliphatic hydroxyl groups is 1. The highest BCUT2D eigenvalue weighted by molar-refractivity contribution is 7.85. The van der Waals surface area contributed by atoms with Crippen LogP contribution in [0.4, 0.5) is 0 Å². The Morgan fingerprint density at radius 1 is 1.03 bits per heavy atom. The summed E-state index contributed by atoms with van der Waals surface area (Å²) in [6.07, 6.45) is 13.2. The summed E-state index contributed by atoms with van der Waals surface area (Å²) in [5, 5.41) is 9.89. The van der Waals surface area contributed by atoms with Crippen molar-refractivity contribution < 1.29 is 27.4 Å². The van der Waals surface area contributed by atoms with Crippen LogP contribution in [-0.4, -0.2) is 91.4 Å². The molecule has 182 valence electrons. The minimum absolute atomic E-state index is 0.157. The van der Waals surface area contributed by atoms with Gasteiger partial charge in [-0.3, -0.25) is 9.69 Å². The molecule has 1 heterocycles. The van der Waals surface area contributed by atoms with Gasteiger partial charge in [-0.2, -0.15) is 0 Å². The Labute approximate surface area is 189 Å². The number of unbranched alkanes of at least 4 members (excludes halogenated alkanes) is 9. The maximum absolute atomic E-state index is 11.1. The van der Waals surface area contributed by atoms with Gasteiger partial charge < -0.3 is 14.1 Å². The molecule has 1 aliphatic heterocycles. The second-order valence-electron chi connectivity index (χ2n) is 9.43. The van der Waals surface area contributed by atoms with Crippen LogP contribution in [0.15, 0.2) is 12.7 Å². The highest BCUT2D eigenvalue weighted by Gasteiger charge is 2.31. The molecule has 1 saturated heterocycles. The fraction of sp³-hybridized carbons (Fsp3) is 0.870. The molecule has 0 aromatic carbocycles. The maximum Gasteiger partial charge on any atom is 0.155 e. The molecule has 1 aliphatic rings. The van der Waals surface area contributed by atoms with Gasteiger partial charge in [-0.1, -0.05) is 57.9 Å². The number of rotatable bonds is 18. The van der Waals surface area contributed by atoms with Gasteiger partial charge in [-0.05, 0) is 25.5 Å². The lowest BCUT2D eigenvalue weighted by Crippen LogP contribution is -2.60. The summed E-state index contributed by atoms with van der Waals surface area (Å²) >= 11 is 0. The normalized spacial score (nSPS) is 18.0. The highest BCUT2D eigenvalue weighted by atomic mass is 32.2. The number of ketones is 1. The molecule has 0 bridgehead atoms. The van der Waals surface area contributed by atoms with Gasteiger partial charge in [0, 0.05) is 19.5 Å². The summed E-state index contributed by atoms with van der Waals surface area (Å²) in [6.45, 7) is 8.56. The van der Waals surface area contributed by atoms with Crippen LogP contribution in [0.2, 0.25) is 0 Å². The summed E-state index contributed by atoms with van der Waals surface area (Å²) in [4.78, 5) is 13.6. The summed E-state index contributed by atoms with van der Waals surface area (Å²) < 4.78 is 33.1. The lowest BCUT2D eigenvalue weighted by molar-refractivity contribution is -0.916. The predicted molar refractivity (Wildman–Crippen MR) is 124 cm³/mol. The van der Waals surface area contributed by atoms with Crippen molar-refractivity contribution in [1.29, 1.82) is 0 Å². The van der Waals surface area contributed by atoms with Gasteiger partial charge in [0.05, 0.1) is 36.0 Å². The van der Waals surface area contributed by atoms with E-state index in [9.17, 15) is 22.9 Å². The fourth-order valence-electron chi connectivity index (χ4n) is 4.34. The number of hydrogen-bond donors (Lipinski definition) is 1. The third kappa shape index (κ3) is 14.8. The number of hydrogen-bond acceptors (Lipinski definition) is 6. The summed E-state index contributed by atoms with van der Waals surface area (Å²) in [5.74, 6) is -0.536. The fourth-order valence-corrected chi connectivity index (χ4v) is 4.92. The quantitative estimate of drug-likeness (QED) is 0.146. The van der Waals surface area contributed by atoms with Crippen LogP contribution in [-0.2, 0) is 14.9 Å². The Morgan fingerprint density at radius 3 is 2.00 bits per heavy atom. The molecule has 1 fully saturated rings. The molecule has 0 aromatic heterocycles. The molecule has 1 N–H and O–H groups in total. The molecule has 0 spiro atoms. The van der Waals surface area contributed by atoms with Crippen molar-refractivity contribution in [2.75, 3.05) is 52.1 Å². The Kier molecular flexibility index (Phi) is 13.8. The first-order valence-corrected chi connectivity index (χ1v) is 13.5. The van der Waals surface area contributed by atoms with Crippen molar-refractivity contribution in [3.05, 3.63) is 12.7 Å². The molecule has 8 heteroatoms. The largest absolute Gasteiger partial charge is 0.748 e. The van der Waals surface area contributed by atoms with Crippen LogP contribution in [0.5, 0.6) is 0 Å². The number of quaternary nitrogens is 1. The van der Waals surface area contributed by atoms with Gasteiger partial charge in [-0.25, -0.2) is 8.42 Å². The number of allylic oxidation sites excluding steroid dienone is 1. The SMILES string of the molecule is C=CC(=O)CCCCCCCCCCCCN1CC[N+](C)(CC(O)CS(=O)(=O)[O-])CC1.